The third-order valence-corrected chi connectivity index (χ3v) is 2.88. The summed E-state index contributed by atoms with van der Waals surface area (Å²) < 4.78 is 4.67. The molecule has 0 aliphatic rings. The minimum absolute atomic E-state index is 0. The van der Waals surface area contributed by atoms with Crippen molar-refractivity contribution >= 4 is 18.0 Å². The summed E-state index contributed by atoms with van der Waals surface area (Å²) in [6, 6.07) is 7.46. The van der Waals surface area contributed by atoms with Gasteiger partial charge in [0.2, 0.25) is 0 Å². The number of esters is 1. The van der Waals surface area contributed by atoms with E-state index < -0.39 is 5.97 Å². The van der Waals surface area contributed by atoms with Crippen LogP contribution in [0.25, 0.3) is 6.08 Å². The number of rotatable bonds is 8. The average Bonchev–Trinajstić information content (AvgIpc) is 2.55. The van der Waals surface area contributed by atoms with E-state index in [1.807, 2.05) is 31.2 Å². The van der Waals surface area contributed by atoms with E-state index in [1.165, 1.54) is 6.08 Å². The number of hydrogen-bond acceptors (Lipinski definition) is 4. The number of carboxylic acid groups (broad SMARTS) is 1. The van der Waals surface area contributed by atoms with Crippen LogP contribution in [0.2, 0.25) is 0 Å². The van der Waals surface area contributed by atoms with Crippen molar-refractivity contribution in [3.63, 3.8) is 0 Å². The molecule has 0 aromatic heterocycles. The average molecular weight is 338 g/mol. The molecule has 0 N–H and O–H groups in total. The zero-order valence-electron chi connectivity index (χ0n) is 14.5. The molecule has 0 unspecified atom stereocenters. The fraction of sp³-hybridized carbons (Fsp3) is 0.263. The second kappa shape index (κ2) is 14.9. The van der Waals surface area contributed by atoms with E-state index in [1.54, 1.807) is 6.08 Å². The molecule has 0 heterocycles. The molecule has 0 aliphatic carbocycles. The normalized spacial score (nSPS) is 8.71. The van der Waals surface area contributed by atoms with Crippen LogP contribution in [-0.4, -0.2) is 18.5 Å². The van der Waals surface area contributed by atoms with Crippen molar-refractivity contribution in [3.05, 3.63) is 66.8 Å². The Bertz CT molecular complexity index is 564. The van der Waals surface area contributed by atoms with Crippen molar-refractivity contribution in [2.24, 2.45) is 0 Å². The monoisotopic (exact) mass is 338 g/mol. The van der Waals surface area contributed by atoms with E-state index in [4.69, 9.17) is 0 Å². The van der Waals surface area contributed by atoms with Crippen molar-refractivity contribution < 1.29 is 49.0 Å². The number of ether oxygens (including phenoxy) is 1. The van der Waals surface area contributed by atoms with Gasteiger partial charge in [-0.2, -0.15) is 0 Å². The fourth-order valence-corrected chi connectivity index (χ4v) is 1.57. The molecule has 1 aromatic rings. The van der Waals surface area contributed by atoms with Crippen molar-refractivity contribution in [2.75, 3.05) is 6.61 Å². The molecule has 0 amide bonds. The van der Waals surface area contributed by atoms with Gasteiger partial charge in [-0.1, -0.05) is 63.4 Å². The molecule has 0 bridgehead atoms. The number of carboxylic acids is 1. The summed E-state index contributed by atoms with van der Waals surface area (Å²) >= 11 is 0. The predicted octanol–water partition coefficient (Wildman–Crippen LogP) is -0.302. The van der Waals surface area contributed by atoms with Crippen LogP contribution in [0.15, 0.2) is 55.7 Å². The van der Waals surface area contributed by atoms with Gasteiger partial charge in [-0.05, 0) is 29.5 Å². The maximum Gasteiger partial charge on any atom is 1.00 e. The molecule has 1 rings (SSSR count). The van der Waals surface area contributed by atoms with Crippen molar-refractivity contribution in [1.29, 1.82) is 0 Å². The van der Waals surface area contributed by atoms with Crippen LogP contribution in [0.5, 0.6) is 0 Å². The first kappa shape index (κ1) is 24.6. The first-order chi connectivity index (χ1) is 11.0. The molecular weight excluding hydrogens is 315 g/mol. The van der Waals surface area contributed by atoms with Gasteiger partial charge in [-0.25, -0.2) is 4.79 Å². The summed E-state index contributed by atoms with van der Waals surface area (Å²) in [5, 5.41) is 10.5. The number of aliphatic carboxylic acids is 1. The number of benzene rings is 1. The molecule has 4 nitrogen and oxygen atoms in total. The molecule has 0 spiro atoms. The third kappa shape index (κ3) is 11.0. The first-order valence-corrected chi connectivity index (χ1v) is 7.34. The maximum atomic E-state index is 10.5. The zero-order chi connectivity index (χ0) is 17.7. The molecular formula is C19H23NaO4. The molecule has 0 fully saturated rings. The number of carbonyl (C=O) groups excluding carboxylic acids is 2. The summed E-state index contributed by atoms with van der Waals surface area (Å²) in [5.74, 6) is -1.53. The Morgan fingerprint density at radius 3 is 2.38 bits per heavy atom. The van der Waals surface area contributed by atoms with E-state index in [9.17, 15) is 14.7 Å². The SMILES string of the molecule is C=CC(=O)OCCCC.C=Cc1ccccc1CC(=C)C(=O)[O-].[Na+]. The number of unbranched alkanes of at least 4 members (excludes halogenated alkanes) is 1. The van der Waals surface area contributed by atoms with Gasteiger partial charge in [-0.3, -0.25) is 0 Å². The first-order valence-electron chi connectivity index (χ1n) is 7.34. The maximum absolute atomic E-state index is 10.5. The molecule has 0 aliphatic heterocycles. The van der Waals surface area contributed by atoms with Crippen LogP contribution in [0.4, 0.5) is 0 Å². The number of hydrogen-bond donors (Lipinski definition) is 0. The standard InChI is InChI=1S/C12H12O2.C7H12O2.Na/c1-3-10-6-4-5-7-11(10)8-9(2)12(13)14;1-3-5-6-9-7(8)4-2;/h3-7H,1-2,8H2,(H,13,14);4H,2-3,5-6H2,1H3;/q;;+1/p-1. The summed E-state index contributed by atoms with van der Waals surface area (Å²) in [5.41, 5.74) is 1.91. The van der Waals surface area contributed by atoms with Crippen molar-refractivity contribution in [2.45, 2.75) is 26.2 Å². The molecule has 5 heteroatoms. The quantitative estimate of drug-likeness (QED) is 0.282. The van der Waals surface area contributed by atoms with E-state index >= 15 is 0 Å². The minimum Gasteiger partial charge on any atom is -0.545 e. The Balaban J connectivity index is 0. The molecule has 0 saturated heterocycles. The van der Waals surface area contributed by atoms with E-state index in [2.05, 4.69) is 24.5 Å². The molecule has 0 saturated carbocycles. The van der Waals surface area contributed by atoms with Gasteiger partial charge in [0.1, 0.15) is 0 Å². The van der Waals surface area contributed by atoms with Crippen molar-refractivity contribution in [3.8, 4) is 0 Å². The third-order valence-electron chi connectivity index (χ3n) is 2.88. The molecule has 24 heavy (non-hydrogen) atoms. The number of carbonyl (C=O) groups is 2. The minimum atomic E-state index is -1.20. The summed E-state index contributed by atoms with van der Waals surface area (Å²) in [6.45, 7) is 12.9. The predicted molar refractivity (Wildman–Crippen MR) is 90.4 cm³/mol. The van der Waals surface area contributed by atoms with E-state index in [-0.39, 0.29) is 41.1 Å². The Labute approximate surface area is 166 Å². The Morgan fingerprint density at radius 2 is 1.88 bits per heavy atom. The van der Waals surface area contributed by atoms with Crippen LogP contribution < -0.4 is 34.7 Å². The summed E-state index contributed by atoms with van der Waals surface area (Å²) in [7, 11) is 0. The van der Waals surface area contributed by atoms with Gasteiger partial charge in [0.25, 0.3) is 0 Å². The van der Waals surface area contributed by atoms with Gasteiger partial charge in [0.15, 0.2) is 0 Å². The fourth-order valence-electron chi connectivity index (χ4n) is 1.57. The van der Waals surface area contributed by atoms with Gasteiger partial charge in [0.05, 0.1) is 12.6 Å². The van der Waals surface area contributed by atoms with E-state index in [0.29, 0.717) is 13.0 Å². The topological polar surface area (TPSA) is 66.4 Å². The Kier molecular flexibility index (Phi) is 15.3. The Hall–Kier alpha value is -1.62. The van der Waals surface area contributed by atoms with Crippen LogP contribution in [-0.2, 0) is 20.7 Å². The van der Waals surface area contributed by atoms with Gasteiger partial charge < -0.3 is 14.6 Å². The second-order valence-electron chi connectivity index (χ2n) is 4.70. The van der Waals surface area contributed by atoms with Crippen LogP contribution in [0.1, 0.15) is 30.9 Å². The van der Waals surface area contributed by atoms with Gasteiger partial charge in [-0.15, -0.1) is 0 Å². The second-order valence-corrected chi connectivity index (χ2v) is 4.70. The molecule has 0 atom stereocenters. The van der Waals surface area contributed by atoms with Gasteiger partial charge in [0, 0.05) is 6.08 Å². The molecule has 0 radical (unpaired) electrons. The summed E-state index contributed by atoms with van der Waals surface area (Å²) in [6.07, 6.45) is 5.14. The summed E-state index contributed by atoms with van der Waals surface area (Å²) in [4.78, 5) is 20.8. The van der Waals surface area contributed by atoms with Crippen molar-refractivity contribution in [1.82, 2.24) is 0 Å². The Morgan fingerprint density at radius 1 is 1.25 bits per heavy atom. The zero-order valence-corrected chi connectivity index (χ0v) is 16.5. The molecule has 124 valence electrons. The molecule has 1 aromatic carbocycles. The largest absolute Gasteiger partial charge is 1.00 e. The smallest absolute Gasteiger partial charge is 0.545 e. The van der Waals surface area contributed by atoms with Gasteiger partial charge >= 0.3 is 35.5 Å². The van der Waals surface area contributed by atoms with Crippen LogP contribution in [0.3, 0.4) is 0 Å². The van der Waals surface area contributed by atoms with E-state index in [0.717, 1.165) is 24.0 Å². The van der Waals surface area contributed by atoms with Crippen LogP contribution >= 0.6 is 0 Å². The van der Waals surface area contributed by atoms with Crippen LogP contribution in [0, 0.1) is 0 Å².